The van der Waals surface area contributed by atoms with E-state index in [-0.39, 0.29) is 17.1 Å². The fraction of sp³-hybridized carbons (Fsp3) is 0.385. The van der Waals surface area contributed by atoms with E-state index >= 15 is 0 Å². The van der Waals surface area contributed by atoms with Gasteiger partial charge in [0.1, 0.15) is 0 Å². The minimum Gasteiger partial charge on any atom is 0 e. The van der Waals surface area contributed by atoms with Crippen LogP contribution in [-0.2, 0) is 37.4 Å². The molecule has 1 aromatic carbocycles. The minimum atomic E-state index is 0. The molecule has 0 amide bonds. The van der Waals surface area contributed by atoms with Crippen molar-refractivity contribution >= 4 is 0 Å². The van der Waals surface area contributed by atoms with Crippen LogP contribution in [0.2, 0.25) is 0 Å². The first-order chi connectivity index (χ1) is 7.93. The van der Waals surface area contributed by atoms with Crippen molar-refractivity contribution < 1.29 is 31.0 Å². The molecule has 0 heterocycles. The van der Waals surface area contributed by atoms with Gasteiger partial charge in [0.15, 0.2) is 0 Å². The van der Waals surface area contributed by atoms with Crippen LogP contribution in [0.15, 0.2) is 24.3 Å². The summed E-state index contributed by atoms with van der Waals surface area (Å²) in [5, 5.41) is 0. The Morgan fingerprint density at radius 3 is 1.65 bits per heavy atom. The summed E-state index contributed by atoms with van der Waals surface area (Å²) in [7, 11) is 0. The van der Waals surface area contributed by atoms with Gasteiger partial charge in [0.25, 0.3) is 0 Å². The predicted molar refractivity (Wildman–Crippen MR) is 57.1 cm³/mol. The van der Waals surface area contributed by atoms with Crippen LogP contribution in [0.25, 0.3) is 0 Å². The van der Waals surface area contributed by atoms with Crippen molar-refractivity contribution in [3.63, 3.8) is 0 Å². The summed E-state index contributed by atoms with van der Waals surface area (Å²) in [5.74, 6) is 0. The molecule has 4 heteroatoms. The Bertz CT molecular complexity index is 246. The molecule has 0 bridgehead atoms. The largest absolute Gasteiger partial charge is 0 e. The Kier molecular flexibility index (Phi) is 43.4. The van der Waals surface area contributed by atoms with Crippen molar-refractivity contribution in [1.29, 1.82) is 0 Å². The van der Waals surface area contributed by atoms with Gasteiger partial charge in [-0.15, -0.1) is 0 Å². The zero-order valence-corrected chi connectivity index (χ0v) is 10.9. The summed E-state index contributed by atoms with van der Waals surface area (Å²) in [6.45, 7) is 15.7. The Morgan fingerprint density at radius 1 is 0.882 bits per heavy atom. The molecule has 0 aliphatic carbocycles. The van der Waals surface area contributed by atoms with Crippen LogP contribution in [0.3, 0.4) is 0 Å². The van der Waals surface area contributed by atoms with Gasteiger partial charge in [0.2, 0.25) is 0 Å². The zero-order chi connectivity index (χ0) is 13.2. The van der Waals surface area contributed by atoms with Crippen LogP contribution in [0.1, 0.15) is 31.7 Å². The van der Waals surface area contributed by atoms with Crippen LogP contribution in [-0.4, -0.2) is 0 Å². The maximum atomic E-state index is 7.50. The molecule has 1 aromatic rings. The first-order valence-electron chi connectivity index (χ1n) is 4.75. The van der Waals surface area contributed by atoms with Crippen molar-refractivity contribution in [2.45, 2.75) is 32.6 Å². The number of hydrogen-bond acceptors (Lipinski definition) is 0. The molecular formula is C13H15MnO3-. The Balaban J connectivity index is -0.000000106. The normalized spacial score (nSPS) is 6.29. The smallest absolute Gasteiger partial charge is 0 e. The molecule has 0 saturated heterocycles. The molecule has 0 atom stereocenters. The molecule has 0 saturated carbocycles. The minimum absolute atomic E-state index is 0. The standard InChI is InChI=1S/C10H15.3CO.Mn/c1-2-3-4-7-10-8-5-6-9-10;3*1-2;/h5-6,8-9H,2-4,7H2,1H3;;;;/q-1;;;;. The van der Waals surface area contributed by atoms with Crippen LogP contribution >= 0.6 is 0 Å². The number of unbranched alkanes of at least 4 members (excludes halogenated alkanes) is 2. The van der Waals surface area contributed by atoms with Gasteiger partial charge in [0.05, 0.1) is 0 Å². The third-order valence-corrected chi connectivity index (χ3v) is 1.80. The van der Waals surface area contributed by atoms with Crippen molar-refractivity contribution in [2.75, 3.05) is 0 Å². The molecule has 0 aliphatic heterocycles. The van der Waals surface area contributed by atoms with E-state index in [0.29, 0.717) is 0 Å². The molecule has 0 spiro atoms. The second kappa shape index (κ2) is 29.4. The van der Waals surface area contributed by atoms with Crippen LogP contribution in [0.4, 0.5) is 0 Å². The molecule has 17 heavy (non-hydrogen) atoms. The molecule has 0 unspecified atom stereocenters. The summed E-state index contributed by atoms with van der Waals surface area (Å²) in [6, 6.07) is 8.63. The van der Waals surface area contributed by atoms with E-state index < -0.39 is 0 Å². The fourth-order valence-electron chi connectivity index (χ4n) is 1.16. The Labute approximate surface area is 114 Å². The second-order valence-corrected chi connectivity index (χ2v) is 2.75. The summed E-state index contributed by atoms with van der Waals surface area (Å²) < 4.78 is 22.5. The second-order valence-electron chi connectivity index (χ2n) is 2.75. The first kappa shape index (κ1) is 25.1. The van der Waals surface area contributed by atoms with Gasteiger partial charge in [-0.3, -0.25) is 0 Å². The van der Waals surface area contributed by atoms with E-state index in [9.17, 15) is 0 Å². The van der Waals surface area contributed by atoms with Gasteiger partial charge in [-0.25, -0.2) is 12.1 Å². The van der Waals surface area contributed by atoms with E-state index in [0.717, 1.165) is 0 Å². The molecule has 0 aromatic heterocycles. The molecule has 1 radical (unpaired) electrons. The van der Waals surface area contributed by atoms with E-state index in [1.165, 1.54) is 31.2 Å². The Hall–Kier alpha value is -0.911. The average molecular weight is 274 g/mol. The number of rotatable bonds is 4. The number of hydrogen-bond donors (Lipinski definition) is 0. The predicted octanol–water partition coefficient (Wildman–Crippen LogP) is 3.02. The van der Waals surface area contributed by atoms with Gasteiger partial charge in [-0.05, 0) is 0 Å². The molecule has 0 aliphatic rings. The van der Waals surface area contributed by atoms with Crippen LogP contribution in [0.5, 0.6) is 0 Å². The van der Waals surface area contributed by atoms with E-state index in [2.05, 4.69) is 51.1 Å². The molecule has 93 valence electrons. The van der Waals surface area contributed by atoms with Crippen molar-refractivity contribution in [3.8, 4) is 0 Å². The average Bonchev–Trinajstić information content (AvgIpc) is 2.90. The number of aryl methyl sites for hydroxylation is 1. The summed E-state index contributed by atoms with van der Waals surface area (Å²) in [6.07, 6.45) is 5.30. The molecule has 0 fully saturated rings. The summed E-state index contributed by atoms with van der Waals surface area (Å²) in [5.41, 5.74) is 1.49. The van der Waals surface area contributed by atoms with Crippen molar-refractivity contribution in [3.05, 3.63) is 49.8 Å². The maximum absolute atomic E-state index is 7.50. The summed E-state index contributed by atoms with van der Waals surface area (Å²) in [4.78, 5) is 0. The van der Waals surface area contributed by atoms with Crippen molar-refractivity contribution in [2.24, 2.45) is 0 Å². The van der Waals surface area contributed by atoms with E-state index in [4.69, 9.17) is 14.0 Å². The van der Waals surface area contributed by atoms with Crippen LogP contribution < -0.4 is 0 Å². The van der Waals surface area contributed by atoms with Gasteiger partial charge in [0, 0.05) is 17.1 Å². The van der Waals surface area contributed by atoms with Gasteiger partial charge in [-0.2, -0.15) is 17.7 Å². The van der Waals surface area contributed by atoms with Gasteiger partial charge in [-0.1, -0.05) is 32.6 Å². The SMILES string of the molecule is CCCCC[c-]1cccc1.[C-]#[O+].[C-]#[O+].[C-]#[O+].[Mn]. The quantitative estimate of drug-likeness (QED) is 0.351. The van der Waals surface area contributed by atoms with E-state index in [1.54, 1.807) is 0 Å². The van der Waals surface area contributed by atoms with E-state index in [1.807, 2.05) is 0 Å². The monoisotopic (exact) mass is 274 g/mol. The maximum Gasteiger partial charge on any atom is 0 e. The third kappa shape index (κ3) is 21.0. The first-order valence-corrected chi connectivity index (χ1v) is 4.75. The van der Waals surface area contributed by atoms with Crippen molar-refractivity contribution in [1.82, 2.24) is 0 Å². The van der Waals surface area contributed by atoms with Gasteiger partial charge < -0.3 is 0 Å². The fourth-order valence-corrected chi connectivity index (χ4v) is 1.16. The van der Waals surface area contributed by atoms with Gasteiger partial charge >= 0.3 is 33.9 Å². The zero-order valence-electron chi connectivity index (χ0n) is 9.74. The Morgan fingerprint density at radius 2 is 1.29 bits per heavy atom. The molecule has 0 N–H and O–H groups in total. The molecule has 1 rings (SSSR count). The third-order valence-electron chi connectivity index (χ3n) is 1.80. The molecule has 3 nitrogen and oxygen atoms in total. The van der Waals surface area contributed by atoms with Crippen LogP contribution in [0, 0.1) is 20.0 Å². The topological polar surface area (TPSA) is 59.7 Å². The summed E-state index contributed by atoms with van der Waals surface area (Å²) >= 11 is 0. The molecular weight excluding hydrogens is 259 g/mol.